The van der Waals surface area contributed by atoms with Crippen LogP contribution in [-0.2, 0) is 0 Å². The Labute approximate surface area is 151 Å². The maximum atomic E-state index is 6.10. The van der Waals surface area contributed by atoms with Crippen LogP contribution in [0, 0.1) is 0 Å². The summed E-state index contributed by atoms with van der Waals surface area (Å²) >= 11 is 0. The minimum Gasteiger partial charge on any atom is -0.456 e. The zero-order valence-electron chi connectivity index (χ0n) is 14.1. The lowest BCUT2D eigenvalue weighted by atomic mass is 9.81. The summed E-state index contributed by atoms with van der Waals surface area (Å²) in [5, 5.41) is 5.09. The number of para-hydroxylation sites is 1. The van der Waals surface area contributed by atoms with Gasteiger partial charge in [0.05, 0.1) is 0 Å². The summed E-state index contributed by atoms with van der Waals surface area (Å²) in [7, 11) is 0. The van der Waals surface area contributed by atoms with E-state index in [0.29, 0.717) is 0 Å². The van der Waals surface area contributed by atoms with Gasteiger partial charge in [0, 0.05) is 16.7 Å². The molecular weight excluding hydrogens is 316 g/mol. The fraction of sp³-hybridized carbons (Fsp3) is 0.0400. The Morgan fingerprint density at radius 1 is 0.615 bits per heavy atom. The van der Waals surface area contributed by atoms with E-state index in [1.54, 1.807) is 0 Å². The molecule has 0 radical (unpaired) electrons. The SMILES string of the molecule is C1=CC(c2cccc3oc4ccccc4c23)c2cccc3cccc1c23. The first-order valence-electron chi connectivity index (χ1n) is 9.00. The summed E-state index contributed by atoms with van der Waals surface area (Å²) in [5.41, 5.74) is 5.90. The van der Waals surface area contributed by atoms with Crippen LogP contribution in [0.5, 0.6) is 0 Å². The van der Waals surface area contributed by atoms with Crippen LogP contribution in [0.4, 0.5) is 0 Å². The van der Waals surface area contributed by atoms with E-state index in [4.69, 9.17) is 4.42 Å². The molecule has 0 saturated heterocycles. The molecule has 0 bridgehead atoms. The summed E-state index contributed by atoms with van der Waals surface area (Å²) in [4.78, 5) is 0. The molecule has 26 heavy (non-hydrogen) atoms. The molecule has 0 amide bonds. The smallest absolute Gasteiger partial charge is 0.135 e. The van der Waals surface area contributed by atoms with Gasteiger partial charge < -0.3 is 4.42 Å². The molecule has 0 saturated carbocycles. The van der Waals surface area contributed by atoms with Gasteiger partial charge in [0.15, 0.2) is 0 Å². The van der Waals surface area contributed by atoms with E-state index < -0.39 is 0 Å². The third-order valence-electron chi connectivity index (χ3n) is 5.54. The normalized spacial score (nSPS) is 15.9. The lowest BCUT2D eigenvalue weighted by Gasteiger charge is -2.22. The second-order valence-corrected chi connectivity index (χ2v) is 6.95. The minimum absolute atomic E-state index is 0.235. The number of fused-ring (bicyclic) bond motifs is 3. The molecule has 0 fully saturated rings. The van der Waals surface area contributed by atoms with E-state index >= 15 is 0 Å². The Morgan fingerprint density at radius 2 is 1.35 bits per heavy atom. The highest BCUT2D eigenvalue weighted by Gasteiger charge is 2.22. The number of allylic oxidation sites excluding steroid dienone is 1. The molecule has 1 aliphatic rings. The van der Waals surface area contributed by atoms with Gasteiger partial charge in [-0.25, -0.2) is 0 Å². The molecule has 1 heterocycles. The minimum atomic E-state index is 0.235. The van der Waals surface area contributed by atoms with Crippen molar-refractivity contribution in [2.24, 2.45) is 0 Å². The van der Waals surface area contributed by atoms with Gasteiger partial charge in [-0.3, -0.25) is 0 Å². The van der Waals surface area contributed by atoms with Crippen molar-refractivity contribution in [1.29, 1.82) is 0 Å². The fourth-order valence-electron chi connectivity index (χ4n) is 4.43. The first-order valence-corrected chi connectivity index (χ1v) is 9.00. The number of benzene rings is 4. The lowest BCUT2D eigenvalue weighted by molar-refractivity contribution is 0.668. The van der Waals surface area contributed by atoms with Gasteiger partial charge in [-0.2, -0.15) is 0 Å². The van der Waals surface area contributed by atoms with Crippen LogP contribution in [0.1, 0.15) is 22.6 Å². The Bertz CT molecular complexity index is 1330. The van der Waals surface area contributed by atoms with Crippen LogP contribution in [0.15, 0.2) is 89.4 Å². The van der Waals surface area contributed by atoms with Gasteiger partial charge in [-0.1, -0.05) is 78.9 Å². The molecule has 1 heteroatoms. The highest BCUT2D eigenvalue weighted by Crippen LogP contribution is 2.42. The maximum Gasteiger partial charge on any atom is 0.135 e. The van der Waals surface area contributed by atoms with E-state index in [9.17, 15) is 0 Å². The molecule has 1 aliphatic carbocycles. The summed E-state index contributed by atoms with van der Waals surface area (Å²) in [6.07, 6.45) is 4.59. The number of furan rings is 1. The van der Waals surface area contributed by atoms with Gasteiger partial charge in [-0.15, -0.1) is 0 Å². The van der Waals surface area contributed by atoms with Gasteiger partial charge in [0.25, 0.3) is 0 Å². The average Bonchev–Trinajstić information content (AvgIpc) is 3.08. The lowest BCUT2D eigenvalue weighted by Crippen LogP contribution is -2.03. The summed E-state index contributed by atoms with van der Waals surface area (Å²) < 4.78 is 6.10. The first kappa shape index (κ1) is 13.9. The Morgan fingerprint density at radius 3 is 2.27 bits per heavy atom. The van der Waals surface area contributed by atoms with E-state index in [0.717, 1.165) is 11.2 Å². The zero-order chi connectivity index (χ0) is 17.1. The molecule has 0 aliphatic heterocycles. The summed E-state index contributed by atoms with van der Waals surface area (Å²) in [6, 6.07) is 27.9. The monoisotopic (exact) mass is 332 g/mol. The predicted octanol–water partition coefficient (Wildman–Crippen LogP) is 6.90. The van der Waals surface area contributed by atoms with E-state index in [-0.39, 0.29) is 5.92 Å². The van der Waals surface area contributed by atoms with E-state index in [2.05, 4.69) is 78.9 Å². The summed E-state index contributed by atoms with van der Waals surface area (Å²) in [6.45, 7) is 0. The van der Waals surface area contributed by atoms with Crippen LogP contribution in [0.2, 0.25) is 0 Å². The molecule has 0 spiro atoms. The van der Waals surface area contributed by atoms with E-state index in [1.807, 2.05) is 12.1 Å². The van der Waals surface area contributed by atoms with Crippen molar-refractivity contribution in [3.8, 4) is 0 Å². The number of rotatable bonds is 1. The maximum absolute atomic E-state index is 6.10. The summed E-state index contributed by atoms with van der Waals surface area (Å²) in [5.74, 6) is 0.235. The topological polar surface area (TPSA) is 13.1 Å². The Hall–Kier alpha value is -3.32. The highest BCUT2D eigenvalue weighted by molar-refractivity contribution is 6.08. The van der Waals surface area contributed by atoms with Crippen LogP contribution in [0.3, 0.4) is 0 Å². The first-order chi connectivity index (χ1) is 12.9. The van der Waals surface area contributed by atoms with Crippen molar-refractivity contribution in [3.05, 3.63) is 102 Å². The van der Waals surface area contributed by atoms with Gasteiger partial charge >= 0.3 is 0 Å². The molecule has 1 nitrogen and oxygen atoms in total. The largest absolute Gasteiger partial charge is 0.456 e. The number of hydrogen-bond acceptors (Lipinski definition) is 1. The standard InChI is InChI=1S/C25H16O/c1-2-12-22-21(9-1)25-20(11-5-13-23(25)26-22)18-15-14-17-7-3-6-16-8-4-10-19(18)24(16)17/h1-15,18H. The van der Waals surface area contributed by atoms with Crippen molar-refractivity contribution >= 4 is 38.8 Å². The zero-order valence-corrected chi connectivity index (χ0v) is 14.1. The quantitative estimate of drug-likeness (QED) is 0.325. The number of hydrogen-bond donors (Lipinski definition) is 0. The van der Waals surface area contributed by atoms with Crippen LogP contribution in [-0.4, -0.2) is 0 Å². The van der Waals surface area contributed by atoms with Crippen molar-refractivity contribution < 1.29 is 4.42 Å². The molecule has 1 atom stereocenters. The van der Waals surface area contributed by atoms with Gasteiger partial charge in [-0.05, 0) is 39.6 Å². The molecule has 4 aromatic carbocycles. The van der Waals surface area contributed by atoms with Crippen LogP contribution >= 0.6 is 0 Å². The van der Waals surface area contributed by atoms with E-state index in [1.165, 1.54) is 38.2 Å². The van der Waals surface area contributed by atoms with Gasteiger partial charge in [0.2, 0.25) is 0 Å². The molecule has 0 N–H and O–H groups in total. The van der Waals surface area contributed by atoms with Crippen molar-refractivity contribution in [3.63, 3.8) is 0 Å². The third-order valence-corrected chi connectivity index (χ3v) is 5.54. The second-order valence-electron chi connectivity index (χ2n) is 6.95. The second kappa shape index (κ2) is 5.09. The predicted molar refractivity (Wildman–Crippen MR) is 109 cm³/mol. The Kier molecular flexibility index (Phi) is 2.72. The Balaban J connectivity index is 1.70. The fourth-order valence-corrected chi connectivity index (χ4v) is 4.43. The van der Waals surface area contributed by atoms with Gasteiger partial charge in [0.1, 0.15) is 11.2 Å². The average molecular weight is 332 g/mol. The molecular formula is C25H16O. The molecule has 122 valence electrons. The third kappa shape index (κ3) is 1.80. The van der Waals surface area contributed by atoms with Crippen LogP contribution < -0.4 is 0 Å². The molecule has 1 aromatic heterocycles. The van der Waals surface area contributed by atoms with Crippen molar-refractivity contribution in [2.75, 3.05) is 0 Å². The van der Waals surface area contributed by atoms with Crippen molar-refractivity contribution in [1.82, 2.24) is 0 Å². The van der Waals surface area contributed by atoms with Crippen molar-refractivity contribution in [2.45, 2.75) is 5.92 Å². The molecule has 1 unspecified atom stereocenters. The molecule has 6 rings (SSSR count). The van der Waals surface area contributed by atoms with Crippen LogP contribution in [0.25, 0.3) is 38.8 Å². The highest BCUT2D eigenvalue weighted by atomic mass is 16.3. The molecule has 5 aromatic rings.